The first-order chi connectivity index (χ1) is 12.0. The highest BCUT2D eigenvalue weighted by atomic mass is 16.6. The maximum Gasteiger partial charge on any atom is 0.129 e. The van der Waals surface area contributed by atoms with Crippen molar-refractivity contribution >= 4 is 5.71 Å². The molecule has 0 aromatic carbocycles. The molecule has 4 heteroatoms. The van der Waals surface area contributed by atoms with E-state index in [-0.39, 0.29) is 11.5 Å². The molecule has 25 heavy (non-hydrogen) atoms. The lowest BCUT2D eigenvalue weighted by Gasteiger charge is -2.60. The van der Waals surface area contributed by atoms with Crippen molar-refractivity contribution in [3.8, 4) is 0 Å². The van der Waals surface area contributed by atoms with Crippen LogP contribution < -0.4 is 5.73 Å². The Morgan fingerprint density at radius 3 is 2.68 bits per heavy atom. The molecule has 6 unspecified atom stereocenters. The van der Waals surface area contributed by atoms with Crippen molar-refractivity contribution in [1.82, 2.24) is 0 Å². The summed E-state index contributed by atoms with van der Waals surface area (Å²) in [5, 5.41) is 14.9. The Morgan fingerprint density at radius 2 is 1.88 bits per heavy atom. The predicted octanol–water partition coefficient (Wildman–Crippen LogP) is 3.72. The number of rotatable bonds is 3. The second-order valence-electron chi connectivity index (χ2n) is 9.78. The zero-order valence-corrected chi connectivity index (χ0v) is 16.0. The van der Waals surface area contributed by atoms with Gasteiger partial charge in [0, 0.05) is 6.54 Å². The third-order valence-corrected chi connectivity index (χ3v) is 8.85. The molecule has 4 nitrogen and oxygen atoms in total. The van der Waals surface area contributed by atoms with Gasteiger partial charge in [-0.05, 0) is 92.3 Å². The Morgan fingerprint density at radius 1 is 1.08 bits per heavy atom. The third kappa shape index (κ3) is 2.75. The topological polar surface area (TPSA) is 67.8 Å². The largest absolute Gasteiger partial charge is 0.395 e. The van der Waals surface area contributed by atoms with Crippen LogP contribution in [-0.2, 0) is 4.84 Å². The van der Waals surface area contributed by atoms with Crippen LogP contribution in [-0.4, -0.2) is 30.1 Å². The van der Waals surface area contributed by atoms with Crippen molar-refractivity contribution in [3.63, 3.8) is 0 Å². The molecule has 0 heterocycles. The summed E-state index contributed by atoms with van der Waals surface area (Å²) in [7, 11) is 0. The molecule has 0 bridgehead atoms. The van der Waals surface area contributed by atoms with Gasteiger partial charge in [-0.3, -0.25) is 0 Å². The fourth-order valence-corrected chi connectivity index (χ4v) is 7.30. The number of aliphatic hydroxyl groups is 1. The van der Waals surface area contributed by atoms with Crippen molar-refractivity contribution < 1.29 is 9.94 Å². The molecule has 0 aromatic heterocycles. The molecule has 0 amide bonds. The Hall–Kier alpha value is -0.610. The molecule has 4 rings (SSSR count). The van der Waals surface area contributed by atoms with Gasteiger partial charge in [-0.1, -0.05) is 19.0 Å². The molecule has 0 aliphatic heterocycles. The summed E-state index contributed by atoms with van der Waals surface area (Å²) in [6.07, 6.45) is 10.9. The second-order valence-corrected chi connectivity index (χ2v) is 9.78. The number of nitrogens with two attached hydrogens (primary N) is 1. The van der Waals surface area contributed by atoms with Crippen molar-refractivity contribution in [2.75, 3.05) is 13.2 Å². The van der Waals surface area contributed by atoms with Gasteiger partial charge in [-0.15, -0.1) is 0 Å². The molecule has 0 aromatic rings. The Labute approximate surface area is 152 Å². The van der Waals surface area contributed by atoms with Crippen molar-refractivity contribution in [2.45, 2.75) is 77.7 Å². The van der Waals surface area contributed by atoms with Gasteiger partial charge in [0.05, 0.1) is 11.8 Å². The van der Waals surface area contributed by atoms with Gasteiger partial charge in [-0.25, -0.2) is 0 Å². The first-order valence-corrected chi connectivity index (χ1v) is 10.5. The average Bonchev–Trinajstić information content (AvgIpc) is 2.90. The van der Waals surface area contributed by atoms with Crippen molar-refractivity contribution in [3.05, 3.63) is 0 Å². The molecule has 142 valence electrons. The van der Waals surface area contributed by atoms with Gasteiger partial charge in [0.1, 0.15) is 6.61 Å². The minimum absolute atomic E-state index is 0.0613. The molecule has 0 spiro atoms. The van der Waals surface area contributed by atoms with Gasteiger partial charge in [0.25, 0.3) is 0 Å². The summed E-state index contributed by atoms with van der Waals surface area (Å²) >= 11 is 0. The highest BCUT2D eigenvalue weighted by Gasteiger charge is 2.59. The summed E-state index contributed by atoms with van der Waals surface area (Å²) in [6.45, 7) is 6.01. The van der Waals surface area contributed by atoms with E-state index in [4.69, 9.17) is 10.6 Å². The predicted molar refractivity (Wildman–Crippen MR) is 100 cm³/mol. The zero-order valence-electron chi connectivity index (χ0n) is 16.0. The molecule has 7 atom stereocenters. The van der Waals surface area contributed by atoms with Gasteiger partial charge in [-0.2, -0.15) is 0 Å². The molecule has 4 saturated carbocycles. The van der Waals surface area contributed by atoms with Gasteiger partial charge < -0.3 is 15.7 Å². The van der Waals surface area contributed by atoms with Crippen LogP contribution in [0.1, 0.15) is 71.6 Å². The van der Waals surface area contributed by atoms with Gasteiger partial charge in [0.2, 0.25) is 0 Å². The van der Waals surface area contributed by atoms with Crippen LogP contribution >= 0.6 is 0 Å². The van der Waals surface area contributed by atoms with Crippen LogP contribution in [0, 0.1) is 34.5 Å². The molecular formula is C21H36N2O2. The van der Waals surface area contributed by atoms with Gasteiger partial charge in [0.15, 0.2) is 0 Å². The molecule has 0 radical (unpaired) electrons. The van der Waals surface area contributed by atoms with Crippen LogP contribution in [0.3, 0.4) is 0 Å². The Bertz CT molecular complexity index is 536. The van der Waals surface area contributed by atoms with Crippen LogP contribution in [0.5, 0.6) is 0 Å². The summed E-state index contributed by atoms with van der Waals surface area (Å²) in [4.78, 5) is 5.36. The van der Waals surface area contributed by atoms with E-state index in [0.717, 1.165) is 42.9 Å². The number of oxime groups is 1. The number of fused-ring (bicyclic) bond motifs is 5. The summed E-state index contributed by atoms with van der Waals surface area (Å²) < 4.78 is 0. The quantitative estimate of drug-likeness (QED) is 0.603. The zero-order chi connectivity index (χ0) is 17.7. The fraction of sp³-hybridized carbons (Fsp3) is 0.952. The second kappa shape index (κ2) is 6.53. The average molecular weight is 349 g/mol. The maximum absolute atomic E-state index is 10.6. The van der Waals surface area contributed by atoms with E-state index < -0.39 is 0 Å². The first kappa shape index (κ1) is 17.8. The molecule has 4 aliphatic carbocycles. The monoisotopic (exact) mass is 348 g/mol. The lowest BCUT2D eigenvalue weighted by molar-refractivity contribution is -0.112. The first-order valence-electron chi connectivity index (χ1n) is 10.5. The van der Waals surface area contributed by atoms with Crippen LogP contribution in [0.15, 0.2) is 5.16 Å². The Kier molecular flexibility index (Phi) is 4.64. The SMILES string of the molecule is CC12CC[C@H]3C(CCC4CC(=NOCCN)CCC43C)C1CCC2O. The molecule has 0 saturated heterocycles. The lowest BCUT2D eigenvalue weighted by atomic mass is 9.45. The highest BCUT2D eigenvalue weighted by Crippen LogP contribution is 2.65. The highest BCUT2D eigenvalue weighted by molar-refractivity contribution is 5.85. The van der Waals surface area contributed by atoms with E-state index in [2.05, 4.69) is 19.0 Å². The summed E-state index contributed by atoms with van der Waals surface area (Å²) in [5.41, 5.74) is 7.41. The van der Waals surface area contributed by atoms with Crippen LogP contribution in [0.25, 0.3) is 0 Å². The molecular weight excluding hydrogens is 312 g/mol. The van der Waals surface area contributed by atoms with Crippen molar-refractivity contribution in [2.24, 2.45) is 45.4 Å². The van der Waals surface area contributed by atoms with Gasteiger partial charge >= 0.3 is 0 Å². The van der Waals surface area contributed by atoms with E-state index in [0.29, 0.717) is 18.6 Å². The van der Waals surface area contributed by atoms with Crippen molar-refractivity contribution in [1.29, 1.82) is 0 Å². The number of aliphatic hydroxyl groups excluding tert-OH is 1. The number of hydrogen-bond donors (Lipinski definition) is 2. The lowest BCUT2D eigenvalue weighted by Crippen LogP contribution is -2.54. The fourth-order valence-electron chi connectivity index (χ4n) is 7.30. The van der Waals surface area contributed by atoms with E-state index >= 15 is 0 Å². The van der Waals surface area contributed by atoms with E-state index in [1.807, 2.05) is 0 Å². The third-order valence-electron chi connectivity index (χ3n) is 8.85. The molecule has 3 N–H and O–H groups in total. The smallest absolute Gasteiger partial charge is 0.129 e. The minimum Gasteiger partial charge on any atom is -0.395 e. The number of hydrogen-bond acceptors (Lipinski definition) is 4. The molecule has 4 aliphatic rings. The number of nitrogens with zero attached hydrogens (tertiary/aromatic N) is 1. The summed E-state index contributed by atoms with van der Waals surface area (Å²) in [5.74, 6) is 3.20. The van der Waals surface area contributed by atoms with Crippen LogP contribution in [0.2, 0.25) is 0 Å². The van der Waals surface area contributed by atoms with Crippen LogP contribution in [0.4, 0.5) is 0 Å². The van der Waals surface area contributed by atoms with E-state index in [9.17, 15) is 5.11 Å². The summed E-state index contributed by atoms with van der Waals surface area (Å²) in [6, 6.07) is 0. The minimum atomic E-state index is -0.0613. The molecule has 4 fully saturated rings. The standard InChI is InChI=1S/C21H36N2O2/c1-20-9-7-15(23-25-12-11-22)13-14(20)3-4-16-17-5-6-19(24)21(17,2)10-8-18(16)20/h14,16-19,24H,3-13,22H2,1-2H3/t14?,16?,17?,18-,19?,20?,21?/m0/s1. The maximum atomic E-state index is 10.6. The van der Waals surface area contributed by atoms with E-state index in [1.54, 1.807) is 0 Å². The Balaban J connectivity index is 1.50. The van der Waals surface area contributed by atoms with E-state index in [1.165, 1.54) is 44.2 Å². The normalized spacial score (nSPS) is 50.9.